The number of likely N-dealkylation sites (N-methyl/N-ethyl adjacent to an activating group) is 7. The van der Waals surface area contributed by atoms with Gasteiger partial charge in [-0.1, -0.05) is 127 Å². The van der Waals surface area contributed by atoms with Gasteiger partial charge < -0.3 is 60.5 Å². The van der Waals surface area contributed by atoms with E-state index in [1.807, 2.05) is 53.7 Å². The van der Waals surface area contributed by atoms with Crippen molar-refractivity contribution < 1.29 is 57.5 Å². The third-order valence-corrected chi connectivity index (χ3v) is 20.0. The molecule has 0 aromatic heterocycles. The molecular weight excluding hydrogens is 1430 g/mol. The highest BCUT2D eigenvalue weighted by Gasteiger charge is 2.42. The maximum atomic E-state index is 15.4. The fourth-order valence-electron chi connectivity index (χ4n) is 12.3. The van der Waals surface area contributed by atoms with Gasteiger partial charge in [0.15, 0.2) is 0 Å². The second-order valence-corrected chi connectivity index (χ2v) is 29.8. The summed E-state index contributed by atoms with van der Waals surface area (Å²) in [4.78, 5) is 188. The molecule has 2 aliphatic rings. The lowest BCUT2D eigenvalue weighted by molar-refractivity contribution is -0.151. The molecule has 3 aromatic carbocycles. The fraction of sp³-hybridized carbons (Fsp3) is 0.589. The molecule has 4 N–H and O–H groups in total. The summed E-state index contributed by atoms with van der Waals surface area (Å²) in [5.74, 6) is -9.06. The Kier molecular flexibility index (Phi) is 33.1. The van der Waals surface area contributed by atoms with Gasteiger partial charge in [0, 0.05) is 95.3 Å². The molecule has 5 rings (SSSR count). The largest absolute Gasteiger partial charge is 0.343 e. The molecule has 9 atom stereocenters. The van der Waals surface area contributed by atoms with Gasteiger partial charge in [-0.25, -0.2) is 0 Å². The van der Waals surface area contributed by atoms with Gasteiger partial charge in [0.1, 0.15) is 48.3 Å². The minimum Gasteiger partial charge on any atom is -0.343 e. The number of rotatable bonds is 16. The summed E-state index contributed by atoms with van der Waals surface area (Å²) in [6, 6.07) is 10.2. The van der Waals surface area contributed by atoms with Crippen molar-refractivity contribution in [1.82, 2.24) is 60.5 Å². The number of hydrogen-bond acceptors (Lipinski definition) is 12. The van der Waals surface area contributed by atoms with Crippen molar-refractivity contribution in [3.63, 3.8) is 0 Å². The molecule has 0 saturated carbocycles. The van der Waals surface area contributed by atoms with Crippen LogP contribution in [0.25, 0.3) is 0 Å². The van der Waals surface area contributed by atoms with E-state index < -0.39 is 151 Å². The lowest BCUT2D eigenvalue weighted by Gasteiger charge is -2.38. The minimum atomic E-state index is -1.43. The molecule has 550 valence electrons. The standard InChI is InChI=1S/C73H105Cl2IN12O12/c1-15-17-24-54-69(96)86(13)58(39-48-25-29-51(74)30-26-48)67(94)79-56(35-45(3)4)70(97)87(14)60(72(99)88-33-19-18-20-34-88)41-62(90)84(11)57(36-46(5)6)68(95)80-65(47(7)16-2)73(100)83(10)43-63(91)81(8)44-64(92)85(12)59(40-49-27-31-52(75)32-28-49)71(98)82(9)42-61(89)77-55(66(93)78-54)38-50-22-21-23-53(76)37-50/h21-23,25-32,37,45-47,54-60,65H,15-20,24,33-36,38-44H2,1-14H3,(H,77,89)(H,78,93)(H,79,94)(H,80,95)/t47-,54-,55-,56-,57-,58-,59-,60-,65-/m0/s1. The summed E-state index contributed by atoms with van der Waals surface area (Å²) in [5, 5.41) is 12.4. The minimum absolute atomic E-state index is 0.0544. The average Bonchev–Trinajstić information content (AvgIpc) is 0.821. The maximum absolute atomic E-state index is 15.4. The highest BCUT2D eigenvalue weighted by Crippen LogP contribution is 2.24. The zero-order chi connectivity index (χ0) is 74.4. The van der Waals surface area contributed by atoms with E-state index >= 15 is 24.0 Å². The summed E-state index contributed by atoms with van der Waals surface area (Å²) in [7, 11) is 9.79. The van der Waals surface area contributed by atoms with E-state index in [1.54, 1.807) is 72.5 Å². The Hall–Kier alpha value is -7.39. The van der Waals surface area contributed by atoms with Gasteiger partial charge >= 0.3 is 0 Å². The van der Waals surface area contributed by atoms with Crippen molar-refractivity contribution in [2.75, 3.05) is 82.1 Å². The Morgan fingerprint density at radius 2 is 1.04 bits per heavy atom. The molecule has 3 aromatic rings. The zero-order valence-corrected chi connectivity index (χ0v) is 64.3. The number of nitrogens with one attached hydrogen (secondary N) is 4. The summed E-state index contributed by atoms with van der Waals surface area (Å²) in [6.45, 7) is 12.0. The zero-order valence-electron chi connectivity index (χ0n) is 60.6. The van der Waals surface area contributed by atoms with Crippen LogP contribution in [0.1, 0.15) is 129 Å². The van der Waals surface area contributed by atoms with Crippen molar-refractivity contribution in [3.8, 4) is 0 Å². The molecular formula is C73H105Cl2IN12O12. The quantitative estimate of drug-likeness (QED) is 0.120. The van der Waals surface area contributed by atoms with Gasteiger partial charge in [-0.3, -0.25) is 57.5 Å². The van der Waals surface area contributed by atoms with Crippen LogP contribution in [0.3, 0.4) is 0 Å². The Balaban J connectivity index is 1.67. The van der Waals surface area contributed by atoms with E-state index in [0.29, 0.717) is 71.9 Å². The van der Waals surface area contributed by atoms with Crippen LogP contribution in [0.5, 0.6) is 0 Å². The van der Waals surface area contributed by atoms with E-state index in [0.717, 1.165) is 24.7 Å². The highest BCUT2D eigenvalue weighted by atomic mass is 127. The van der Waals surface area contributed by atoms with Crippen LogP contribution in [-0.4, -0.2) is 240 Å². The van der Waals surface area contributed by atoms with E-state index in [9.17, 15) is 33.6 Å². The summed E-state index contributed by atoms with van der Waals surface area (Å²) < 4.78 is 0.835. The monoisotopic (exact) mass is 1540 g/mol. The average molecular weight is 1540 g/mol. The first-order chi connectivity index (χ1) is 47.1. The predicted octanol–water partition coefficient (Wildman–Crippen LogP) is 5.99. The first-order valence-electron chi connectivity index (χ1n) is 34.7. The van der Waals surface area contributed by atoms with Gasteiger partial charge in [0.25, 0.3) is 0 Å². The van der Waals surface area contributed by atoms with Crippen LogP contribution < -0.4 is 21.3 Å². The van der Waals surface area contributed by atoms with Crippen LogP contribution in [0.15, 0.2) is 72.8 Å². The number of carbonyl (C=O) groups excluding carboxylic acids is 12. The molecule has 24 nitrogen and oxygen atoms in total. The summed E-state index contributed by atoms with van der Waals surface area (Å²) in [6.07, 6.45) is 3.15. The molecule has 0 spiro atoms. The number of unbranched alkanes of at least 4 members (excludes halogenated alkanes) is 1. The van der Waals surface area contributed by atoms with Gasteiger partial charge in [-0.15, -0.1) is 0 Å². The maximum Gasteiger partial charge on any atom is 0.245 e. The lowest BCUT2D eigenvalue weighted by Crippen LogP contribution is -2.61. The SMILES string of the molecule is CCCC[C@@H]1NC(=O)[C@H](Cc2cccc(I)c2)NC(=O)CN(C)C(=O)[C@H](Cc2ccc(Cl)cc2)N(C)C(=O)CN(C)C(=O)CN(C)C(=O)[C@H]([C@@H](C)CC)NC(=O)[C@H](CC(C)C)N(C)C(=O)C[C@@H](C(=O)N2CCCCC2)N(C)C(=O)[C@H](CC(C)C)NC(=O)[C@H](Cc2ccc(Cl)cc2)N(C)C1=O. The molecule has 2 fully saturated rings. The molecule has 0 bridgehead atoms. The molecule has 2 saturated heterocycles. The fourth-order valence-corrected chi connectivity index (χ4v) is 13.2. The molecule has 100 heavy (non-hydrogen) atoms. The van der Waals surface area contributed by atoms with Crippen LogP contribution in [-0.2, 0) is 76.8 Å². The predicted molar refractivity (Wildman–Crippen MR) is 393 cm³/mol. The number of hydrogen-bond donors (Lipinski definition) is 4. The van der Waals surface area contributed by atoms with Crippen molar-refractivity contribution >= 4 is 117 Å². The third kappa shape index (κ3) is 24.4. The van der Waals surface area contributed by atoms with Crippen molar-refractivity contribution in [1.29, 1.82) is 0 Å². The second kappa shape index (κ2) is 39.7. The van der Waals surface area contributed by atoms with Crippen molar-refractivity contribution in [2.45, 2.75) is 180 Å². The van der Waals surface area contributed by atoms with Crippen LogP contribution in [0.2, 0.25) is 10.0 Å². The molecule has 27 heteroatoms. The van der Waals surface area contributed by atoms with Crippen molar-refractivity contribution in [3.05, 3.63) is 103 Å². The van der Waals surface area contributed by atoms with E-state index in [4.69, 9.17) is 23.2 Å². The molecule has 0 aliphatic carbocycles. The third-order valence-electron chi connectivity index (χ3n) is 18.8. The van der Waals surface area contributed by atoms with Gasteiger partial charge in [0.2, 0.25) is 70.9 Å². The Bertz CT molecular complexity index is 3340. The smallest absolute Gasteiger partial charge is 0.245 e. The van der Waals surface area contributed by atoms with Gasteiger partial charge in [-0.2, -0.15) is 0 Å². The molecule has 2 heterocycles. The number of nitrogens with zero attached hydrogens (tertiary/aromatic N) is 8. The normalized spacial score (nSPS) is 23.4. The molecule has 0 unspecified atom stereocenters. The first-order valence-corrected chi connectivity index (χ1v) is 36.5. The van der Waals surface area contributed by atoms with Gasteiger partial charge in [-0.05, 0) is 132 Å². The lowest BCUT2D eigenvalue weighted by atomic mass is 9.95. The van der Waals surface area contributed by atoms with Crippen LogP contribution in [0, 0.1) is 21.3 Å². The van der Waals surface area contributed by atoms with E-state index in [2.05, 4.69) is 43.9 Å². The Morgan fingerprint density at radius 3 is 1.60 bits per heavy atom. The number of likely N-dealkylation sites (tertiary alicyclic amines) is 1. The number of carbonyl (C=O) groups is 12. The Labute approximate surface area is 614 Å². The van der Waals surface area contributed by atoms with E-state index in [-0.39, 0.29) is 50.4 Å². The summed E-state index contributed by atoms with van der Waals surface area (Å²) >= 11 is 14.7. The second-order valence-electron chi connectivity index (χ2n) is 27.7. The number of piperidine rings is 1. The number of amides is 12. The molecule has 12 amide bonds. The van der Waals surface area contributed by atoms with Crippen molar-refractivity contribution in [2.24, 2.45) is 17.8 Å². The number of halogens is 3. The summed E-state index contributed by atoms with van der Waals surface area (Å²) in [5.41, 5.74) is 1.85. The molecule has 2 aliphatic heterocycles. The highest BCUT2D eigenvalue weighted by molar-refractivity contribution is 14.1. The first kappa shape index (κ1) is 83.3. The van der Waals surface area contributed by atoms with Crippen LogP contribution >= 0.6 is 45.8 Å². The van der Waals surface area contributed by atoms with E-state index in [1.165, 1.54) is 68.9 Å². The number of benzene rings is 3. The van der Waals surface area contributed by atoms with Crippen LogP contribution in [0.4, 0.5) is 0 Å². The Morgan fingerprint density at radius 1 is 0.510 bits per heavy atom. The topological polar surface area (TPSA) is 279 Å². The molecule has 0 radical (unpaired) electrons. The van der Waals surface area contributed by atoms with Gasteiger partial charge in [0.05, 0.1) is 26.1 Å².